The van der Waals surface area contributed by atoms with Crippen LogP contribution < -0.4 is 5.32 Å². The van der Waals surface area contributed by atoms with Gasteiger partial charge in [0.05, 0.1) is 4.92 Å². The quantitative estimate of drug-likeness (QED) is 0.682. The Morgan fingerprint density at radius 2 is 2.00 bits per heavy atom. The van der Waals surface area contributed by atoms with Crippen molar-refractivity contribution in [2.45, 2.75) is 6.92 Å². The Morgan fingerprint density at radius 1 is 1.25 bits per heavy atom. The van der Waals surface area contributed by atoms with Gasteiger partial charge in [-0.15, -0.1) is 0 Å². The van der Waals surface area contributed by atoms with Gasteiger partial charge in [-0.05, 0) is 42.8 Å². The average molecular weight is 271 g/mol. The van der Waals surface area contributed by atoms with Crippen molar-refractivity contribution in [3.05, 3.63) is 63.5 Å². The molecule has 0 atom stereocenters. The van der Waals surface area contributed by atoms with E-state index in [0.717, 1.165) is 5.56 Å². The van der Waals surface area contributed by atoms with E-state index in [9.17, 15) is 14.5 Å². The van der Waals surface area contributed by atoms with E-state index < -0.39 is 4.92 Å². The number of nitrogens with zero attached hydrogens (tertiary/aromatic N) is 2. The van der Waals surface area contributed by atoms with Gasteiger partial charge in [-0.2, -0.15) is 5.26 Å². The summed E-state index contributed by atoms with van der Waals surface area (Å²) in [5.74, 6) is -0.380. The molecule has 0 aliphatic rings. The van der Waals surface area contributed by atoms with Crippen molar-refractivity contribution >= 4 is 17.1 Å². The normalized spacial score (nSPS) is 9.85. The second-order valence-electron chi connectivity index (χ2n) is 4.24. The maximum Gasteiger partial charge on any atom is 0.287 e. The Hall–Kier alpha value is -2.94. The molecule has 0 heterocycles. The van der Waals surface area contributed by atoms with Gasteiger partial charge in [0.15, 0.2) is 0 Å². The number of hydrogen-bond acceptors (Lipinski definition) is 4. The first-order valence-electron chi connectivity index (χ1n) is 5.72. The summed E-state index contributed by atoms with van der Waals surface area (Å²) < 4.78 is 13.3. The third-order valence-electron chi connectivity index (χ3n) is 2.64. The van der Waals surface area contributed by atoms with Crippen molar-refractivity contribution in [3.63, 3.8) is 0 Å². The van der Waals surface area contributed by atoms with Gasteiger partial charge in [0.25, 0.3) is 5.69 Å². The van der Waals surface area contributed by atoms with E-state index in [0.29, 0.717) is 11.4 Å². The Bertz CT molecular complexity index is 703. The molecule has 0 fully saturated rings. The maximum absolute atomic E-state index is 13.3. The molecule has 0 saturated carbocycles. The average Bonchev–Trinajstić information content (AvgIpc) is 2.37. The Labute approximate surface area is 114 Å². The number of nitrogens with one attached hydrogen (secondary N) is 1. The summed E-state index contributed by atoms with van der Waals surface area (Å²) in [7, 11) is 0. The highest BCUT2D eigenvalue weighted by Crippen LogP contribution is 2.25. The molecule has 100 valence electrons. The van der Waals surface area contributed by atoms with Gasteiger partial charge in [0.2, 0.25) is 0 Å². The van der Waals surface area contributed by atoms with Crippen molar-refractivity contribution in [3.8, 4) is 6.07 Å². The van der Waals surface area contributed by atoms with Crippen molar-refractivity contribution in [1.82, 2.24) is 0 Å². The van der Waals surface area contributed by atoms with Gasteiger partial charge in [-0.1, -0.05) is 0 Å². The molecule has 2 aromatic rings. The van der Waals surface area contributed by atoms with E-state index in [1.54, 1.807) is 19.1 Å². The molecule has 0 unspecified atom stereocenters. The molecule has 0 aromatic heterocycles. The zero-order valence-corrected chi connectivity index (χ0v) is 10.6. The first-order chi connectivity index (χ1) is 9.49. The Morgan fingerprint density at radius 3 is 2.60 bits per heavy atom. The Kier molecular flexibility index (Phi) is 3.62. The van der Waals surface area contributed by atoms with Crippen molar-refractivity contribution in [1.29, 1.82) is 5.26 Å². The summed E-state index contributed by atoms with van der Waals surface area (Å²) in [5, 5.41) is 22.5. The summed E-state index contributed by atoms with van der Waals surface area (Å²) in [6, 6.07) is 10.3. The lowest BCUT2D eigenvalue weighted by Crippen LogP contribution is -1.96. The van der Waals surface area contributed by atoms with Crippen LogP contribution in [0.5, 0.6) is 0 Å². The number of rotatable bonds is 3. The number of hydrogen-bond donors (Lipinski definition) is 1. The highest BCUT2D eigenvalue weighted by molar-refractivity contribution is 5.65. The predicted octanol–water partition coefficient (Wildman–Crippen LogP) is 3.66. The smallest absolute Gasteiger partial charge is 0.287 e. The molecule has 0 aliphatic heterocycles. The zero-order chi connectivity index (χ0) is 14.7. The molecular formula is C14H10FN3O2. The highest BCUT2D eigenvalue weighted by Gasteiger charge is 2.13. The van der Waals surface area contributed by atoms with Crippen LogP contribution in [0.3, 0.4) is 0 Å². The second-order valence-corrected chi connectivity index (χ2v) is 4.24. The summed E-state index contributed by atoms with van der Waals surface area (Å²) in [6.45, 7) is 1.75. The molecular weight excluding hydrogens is 261 g/mol. The lowest BCUT2D eigenvalue weighted by Gasteiger charge is -2.08. The van der Waals surface area contributed by atoms with E-state index in [-0.39, 0.29) is 17.1 Å². The van der Waals surface area contributed by atoms with Crippen LogP contribution in [0.1, 0.15) is 11.1 Å². The Balaban J connectivity index is 2.35. The molecule has 0 bridgehead atoms. The third-order valence-corrected chi connectivity index (χ3v) is 2.64. The summed E-state index contributed by atoms with van der Waals surface area (Å²) >= 11 is 0. The van der Waals surface area contributed by atoms with Crippen LogP contribution >= 0.6 is 0 Å². The molecule has 5 nitrogen and oxygen atoms in total. The van der Waals surface area contributed by atoms with Gasteiger partial charge >= 0.3 is 0 Å². The zero-order valence-electron chi connectivity index (χ0n) is 10.6. The molecule has 2 rings (SSSR count). The van der Waals surface area contributed by atoms with Crippen molar-refractivity contribution < 1.29 is 9.31 Å². The fourth-order valence-corrected chi connectivity index (χ4v) is 1.84. The SMILES string of the molecule is Cc1cc(F)cc(Nc2ccc([N+](=O)[O-])c(C#N)c2)c1. The second kappa shape index (κ2) is 5.36. The van der Waals surface area contributed by atoms with Crippen LogP contribution in [-0.2, 0) is 0 Å². The third kappa shape index (κ3) is 2.90. The number of nitriles is 1. The molecule has 2 aromatic carbocycles. The summed E-state index contributed by atoms with van der Waals surface area (Å²) in [6.07, 6.45) is 0. The number of halogens is 1. The lowest BCUT2D eigenvalue weighted by molar-refractivity contribution is -0.385. The van der Waals surface area contributed by atoms with E-state index in [1.807, 2.05) is 0 Å². The van der Waals surface area contributed by atoms with E-state index in [2.05, 4.69) is 5.32 Å². The number of benzene rings is 2. The lowest BCUT2D eigenvalue weighted by atomic mass is 10.1. The monoisotopic (exact) mass is 271 g/mol. The van der Waals surface area contributed by atoms with Crippen LogP contribution in [0.15, 0.2) is 36.4 Å². The minimum absolute atomic E-state index is 0.0480. The molecule has 0 aliphatic carbocycles. The molecule has 0 saturated heterocycles. The molecule has 0 spiro atoms. The van der Waals surface area contributed by atoms with Crippen LogP contribution in [0.4, 0.5) is 21.5 Å². The summed E-state index contributed by atoms with van der Waals surface area (Å²) in [4.78, 5) is 10.1. The number of nitro groups is 1. The van der Waals surface area contributed by atoms with Gasteiger partial charge in [-0.25, -0.2) is 4.39 Å². The molecule has 1 N–H and O–H groups in total. The predicted molar refractivity (Wildman–Crippen MR) is 72.2 cm³/mol. The minimum atomic E-state index is -0.616. The highest BCUT2D eigenvalue weighted by atomic mass is 19.1. The molecule has 6 heteroatoms. The molecule has 20 heavy (non-hydrogen) atoms. The van der Waals surface area contributed by atoms with Gasteiger partial charge in [0, 0.05) is 17.4 Å². The minimum Gasteiger partial charge on any atom is -0.355 e. The topological polar surface area (TPSA) is 79.0 Å². The standard InChI is InChI=1S/C14H10FN3O2/c1-9-4-11(15)7-13(5-9)17-12-2-3-14(18(19)20)10(6-12)8-16/h2-7,17H,1H3. The van der Waals surface area contributed by atoms with Gasteiger partial charge in [-0.3, -0.25) is 10.1 Å². The van der Waals surface area contributed by atoms with E-state index >= 15 is 0 Å². The number of nitro benzene ring substituents is 1. The van der Waals surface area contributed by atoms with Crippen molar-refractivity contribution in [2.75, 3.05) is 5.32 Å². The first-order valence-corrected chi connectivity index (χ1v) is 5.72. The van der Waals surface area contributed by atoms with E-state index in [1.165, 1.54) is 30.3 Å². The molecule has 0 amide bonds. The first kappa shape index (κ1) is 13.5. The van der Waals surface area contributed by atoms with Crippen LogP contribution in [0.25, 0.3) is 0 Å². The van der Waals surface area contributed by atoms with Crippen LogP contribution in [-0.4, -0.2) is 4.92 Å². The van der Waals surface area contributed by atoms with Crippen LogP contribution in [0, 0.1) is 34.2 Å². The number of aryl methyl sites for hydroxylation is 1. The van der Waals surface area contributed by atoms with Gasteiger partial charge < -0.3 is 5.32 Å². The fraction of sp³-hybridized carbons (Fsp3) is 0.0714. The summed E-state index contributed by atoms with van der Waals surface area (Å²) in [5.41, 5.74) is 1.44. The molecule has 0 radical (unpaired) electrons. The van der Waals surface area contributed by atoms with E-state index in [4.69, 9.17) is 5.26 Å². The maximum atomic E-state index is 13.3. The van der Waals surface area contributed by atoms with Crippen LogP contribution in [0.2, 0.25) is 0 Å². The van der Waals surface area contributed by atoms with Crippen molar-refractivity contribution in [2.24, 2.45) is 0 Å². The van der Waals surface area contributed by atoms with Gasteiger partial charge in [0.1, 0.15) is 17.4 Å². The number of anilines is 2. The largest absolute Gasteiger partial charge is 0.355 e. The fourth-order valence-electron chi connectivity index (χ4n) is 1.84.